The van der Waals surface area contributed by atoms with Crippen LogP contribution < -0.4 is 11.1 Å². The molecule has 1 aliphatic heterocycles. The summed E-state index contributed by atoms with van der Waals surface area (Å²) in [6.07, 6.45) is 5.46. The Balaban J connectivity index is 1.62. The molecule has 7 nitrogen and oxygen atoms in total. The first-order chi connectivity index (χ1) is 16.6. The van der Waals surface area contributed by atoms with Crippen LogP contribution in [0.5, 0.6) is 0 Å². The SMILES string of the molecule is CC1C[C@@]2(C(=O)NCC(N)=O)C(=O)O[C@H](C)C2C(/C=C/c2ccc(-c3cccc(F)c3)cn2)C1C. The quantitative estimate of drug-likeness (QED) is 0.488. The number of amides is 2. The van der Waals surface area contributed by atoms with Crippen LogP contribution in [0.4, 0.5) is 4.39 Å². The molecule has 4 unspecified atom stereocenters. The second kappa shape index (κ2) is 9.60. The standard InChI is InChI=1S/C27H30FN3O4/c1-15-12-27(25(33)31-14-23(29)32)24(17(3)35-26(27)34)22(16(15)2)10-9-21-8-7-19(13-30-21)18-5-4-6-20(28)11-18/h4-11,13,15-17,22,24H,12,14H2,1-3H3,(H2,29,32)(H,31,33)/b10-9+/t15?,16?,17-,22?,24?,27-/m1/s1. The van der Waals surface area contributed by atoms with Crippen LogP contribution in [-0.2, 0) is 19.1 Å². The number of halogens is 1. The van der Waals surface area contributed by atoms with Gasteiger partial charge in [0, 0.05) is 17.7 Å². The average molecular weight is 480 g/mol. The molecule has 2 heterocycles. The van der Waals surface area contributed by atoms with Gasteiger partial charge in [0.1, 0.15) is 11.9 Å². The largest absolute Gasteiger partial charge is 0.461 e. The van der Waals surface area contributed by atoms with Crippen LogP contribution in [0.1, 0.15) is 32.9 Å². The van der Waals surface area contributed by atoms with Crippen LogP contribution in [0.2, 0.25) is 0 Å². The number of pyridine rings is 1. The molecule has 2 amide bonds. The third kappa shape index (κ3) is 4.57. The van der Waals surface area contributed by atoms with Gasteiger partial charge in [-0.05, 0) is 60.9 Å². The molecule has 8 heteroatoms. The van der Waals surface area contributed by atoms with Crippen molar-refractivity contribution in [1.29, 1.82) is 0 Å². The van der Waals surface area contributed by atoms with Crippen molar-refractivity contribution in [1.82, 2.24) is 10.3 Å². The fourth-order valence-electron chi connectivity index (χ4n) is 5.65. The van der Waals surface area contributed by atoms with Gasteiger partial charge >= 0.3 is 5.97 Å². The lowest BCUT2D eigenvalue weighted by molar-refractivity contribution is -0.157. The maximum absolute atomic E-state index is 13.6. The Morgan fingerprint density at radius 1 is 1.23 bits per heavy atom. The highest BCUT2D eigenvalue weighted by Crippen LogP contribution is 2.56. The highest BCUT2D eigenvalue weighted by Gasteiger charge is 2.66. The van der Waals surface area contributed by atoms with Gasteiger partial charge in [-0.1, -0.05) is 38.1 Å². The highest BCUT2D eigenvalue weighted by atomic mass is 19.1. The Hall–Kier alpha value is -3.55. The van der Waals surface area contributed by atoms with E-state index in [0.717, 1.165) is 11.1 Å². The minimum atomic E-state index is -1.37. The summed E-state index contributed by atoms with van der Waals surface area (Å²) in [5, 5.41) is 2.54. The summed E-state index contributed by atoms with van der Waals surface area (Å²) in [5.41, 5.74) is 6.08. The number of cyclic esters (lactones) is 1. The molecule has 0 bridgehead atoms. The normalized spacial score (nSPS) is 30.1. The Kier molecular flexibility index (Phi) is 6.74. The topological polar surface area (TPSA) is 111 Å². The van der Waals surface area contributed by atoms with E-state index in [1.165, 1.54) is 12.1 Å². The van der Waals surface area contributed by atoms with E-state index >= 15 is 0 Å². The molecule has 6 atom stereocenters. The number of aromatic nitrogens is 1. The molecule has 35 heavy (non-hydrogen) atoms. The zero-order chi connectivity index (χ0) is 25.3. The number of ether oxygens (including phenoxy) is 1. The number of allylic oxidation sites excluding steroid dienone is 1. The van der Waals surface area contributed by atoms with Gasteiger partial charge in [0.2, 0.25) is 11.8 Å². The van der Waals surface area contributed by atoms with Gasteiger partial charge in [-0.15, -0.1) is 0 Å². The molecular formula is C27H30FN3O4. The van der Waals surface area contributed by atoms with E-state index in [2.05, 4.69) is 17.2 Å². The van der Waals surface area contributed by atoms with Crippen molar-refractivity contribution in [2.45, 2.75) is 33.3 Å². The van der Waals surface area contributed by atoms with Crippen molar-refractivity contribution in [2.24, 2.45) is 34.8 Å². The number of carbonyl (C=O) groups is 3. The van der Waals surface area contributed by atoms with Crippen molar-refractivity contribution >= 4 is 23.9 Å². The Morgan fingerprint density at radius 3 is 2.66 bits per heavy atom. The van der Waals surface area contributed by atoms with Gasteiger partial charge in [0.15, 0.2) is 5.41 Å². The molecule has 2 aromatic rings. The average Bonchev–Trinajstić information content (AvgIpc) is 3.08. The molecule has 1 aliphatic carbocycles. The number of nitrogens with one attached hydrogen (secondary N) is 1. The van der Waals surface area contributed by atoms with Crippen LogP contribution in [0, 0.1) is 34.9 Å². The molecular weight excluding hydrogens is 449 g/mol. The third-order valence-corrected chi connectivity index (χ3v) is 7.56. The van der Waals surface area contributed by atoms with Gasteiger partial charge in [0.25, 0.3) is 0 Å². The van der Waals surface area contributed by atoms with Crippen molar-refractivity contribution < 1.29 is 23.5 Å². The van der Waals surface area contributed by atoms with Crippen LogP contribution in [0.25, 0.3) is 17.2 Å². The molecule has 1 aromatic carbocycles. The lowest BCUT2D eigenvalue weighted by Crippen LogP contribution is -2.56. The molecule has 0 spiro atoms. The molecule has 1 saturated carbocycles. The molecule has 1 saturated heterocycles. The number of carbonyl (C=O) groups excluding carboxylic acids is 3. The number of primary amides is 1. The van der Waals surface area contributed by atoms with E-state index in [-0.39, 0.29) is 30.1 Å². The second-order valence-electron chi connectivity index (χ2n) is 9.72. The van der Waals surface area contributed by atoms with E-state index in [4.69, 9.17) is 10.5 Å². The van der Waals surface area contributed by atoms with E-state index < -0.39 is 35.2 Å². The number of hydrogen-bond acceptors (Lipinski definition) is 5. The summed E-state index contributed by atoms with van der Waals surface area (Å²) in [6, 6.07) is 10.1. The number of nitrogens with two attached hydrogens (primary N) is 1. The minimum absolute atomic E-state index is 0.0568. The van der Waals surface area contributed by atoms with Crippen molar-refractivity contribution in [2.75, 3.05) is 6.54 Å². The second-order valence-corrected chi connectivity index (χ2v) is 9.72. The minimum Gasteiger partial charge on any atom is -0.461 e. The summed E-state index contributed by atoms with van der Waals surface area (Å²) in [5.74, 6) is -2.33. The Labute approximate surface area is 203 Å². The fraction of sp³-hybridized carbons (Fsp3) is 0.407. The lowest BCUT2D eigenvalue weighted by Gasteiger charge is -2.46. The van der Waals surface area contributed by atoms with Crippen molar-refractivity contribution in [3.63, 3.8) is 0 Å². The van der Waals surface area contributed by atoms with E-state index in [0.29, 0.717) is 12.1 Å². The van der Waals surface area contributed by atoms with Gasteiger partial charge in [-0.25, -0.2) is 4.39 Å². The molecule has 0 radical (unpaired) electrons. The van der Waals surface area contributed by atoms with Gasteiger partial charge in [-0.2, -0.15) is 0 Å². The van der Waals surface area contributed by atoms with E-state index in [1.54, 1.807) is 19.2 Å². The molecule has 2 fully saturated rings. The van der Waals surface area contributed by atoms with Crippen molar-refractivity contribution in [3.8, 4) is 11.1 Å². The maximum Gasteiger partial charge on any atom is 0.322 e. The lowest BCUT2D eigenvalue weighted by atomic mass is 9.54. The van der Waals surface area contributed by atoms with E-state index in [9.17, 15) is 18.8 Å². The predicted molar refractivity (Wildman–Crippen MR) is 129 cm³/mol. The zero-order valence-electron chi connectivity index (χ0n) is 20.0. The molecule has 1 aromatic heterocycles. The van der Waals surface area contributed by atoms with Gasteiger partial charge < -0.3 is 15.8 Å². The summed E-state index contributed by atoms with van der Waals surface area (Å²) in [6.45, 7) is 5.61. The number of benzene rings is 1. The third-order valence-electron chi connectivity index (χ3n) is 7.56. The number of rotatable bonds is 6. The van der Waals surface area contributed by atoms with Gasteiger partial charge in [-0.3, -0.25) is 19.4 Å². The predicted octanol–water partition coefficient (Wildman–Crippen LogP) is 3.34. The zero-order valence-corrected chi connectivity index (χ0v) is 20.0. The van der Waals surface area contributed by atoms with E-state index in [1.807, 2.05) is 37.3 Å². The van der Waals surface area contributed by atoms with Crippen molar-refractivity contribution in [3.05, 3.63) is 60.2 Å². The number of nitrogens with zero attached hydrogens (tertiary/aromatic N) is 1. The Bertz CT molecular complexity index is 1170. The summed E-state index contributed by atoms with van der Waals surface area (Å²) >= 11 is 0. The number of hydrogen-bond donors (Lipinski definition) is 2. The van der Waals surface area contributed by atoms with Gasteiger partial charge in [0.05, 0.1) is 12.2 Å². The first-order valence-electron chi connectivity index (χ1n) is 11.8. The monoisotopic (exact) mass is 479 g/mol. The first kappa shape index (κ1) is 24.6. The van der Waals surface area contributed by atoms with Crippen LogP contribution in [0.15, 0.2) is 48.7 Å². The first-order valence-corrected chi connectivity index (χ1v) is 11.8. The van der Waals surface area contributed by atoms with Crippen LogP contribution in [0.3, 0.4) is 0 Å². The maximum atomic E-state index is 13.6. The Morgan fingerprint density at radius 2 is 2.00 bits per heavy atom. The molecule has 3 N–H and O–H groups in total. The molecule has 2 aliphatic rings. The summed E-state index contributed by atoms with van der Waals surface area (Å²) in [4.78, 5) is 42.0. The smallest absolute Gasteiger partial charge is 0.322 e. The molecule has 184 valence electrons. The fourth-order valence-corrected chi connectivity index (χ4v) is 5.65. The number of fused-ring (bicyclic) bond motifs is 1. The number of esters is 1. The summed E-state index contributed by atoms with van der Waals surface area (Å²) < 4.78 is 19.1. The van der Waals surface area contributed by atoms with Crippen LogP contribution in [-0.4, -0.2) is 35.4 Å². The highest BCUT2D eigenvalue weighted by molar-refractivity contribution is 6.05. The molecule has 4 rings (SSSR count). The van der Waals surface area contributed by atoms with Crippen LogP contribution >= 0.6 is 0 Å². The summed E-state index contributed by atoms with van der Waals surface area (Å²) in [7, 11) is 0.